The second kappa shape index (κ2) is 11.5. The van der Waals surface area contributed by atoms with Crippen LogP contribution in [0.5, 0.6) is 5.75 Å². The van der Waals surface area contributed by atoms with Gasteiger partial charge < -0.3 is 15.0 Å². The molecule has 11 nitrogen and oxygen atoms in total. The number of aldehydes is 1. The van der Waals surface area contributed by atoms with Crippen molar-refractivity contribution >= 4 is 29.7 Å². The highest BCUT2D eigenvalue weighted by Crippen LogP contribution is 2.39. The Labute approximate surface area is 239 Å². The summed E-state index contributed by atoms with van der Waals surface area (Å²) in [5, 5.41) is 14.5. The average molecular weight is 557 g/mol. The van der Waals surface area contributed by atoms with Crippen LogP contribution in [-0.4, -0.2) is 50.0 Å². The van der Waals surface area contributed by atoms with E-state index >= 15 is 0 Å². The lowest BCUT2D eigenvalue weighted by atomic mass is 9.85. The van der Waals surface area contributed by atoms with Crippen LogP contribution in [0.3, 0.4) is 0 Å². The lowest BCUT2D eigenvalue weighted by Gasteiger charge is -2.32. The predicted molar refractivity (Wildman–Crippen MR) is 157 cm³/mol. The van der Waals surface area contributed by atoms with Gasteiger partial charge in [0, 0.05) is 24.6 Å². The van der Waals surface area contributed by atoms with Crippen LogP contribution in [0, 0.1) is 0 Å². The molecule has 3 heterocycles. The number of urea groups is 1. The molecular formula is C30H36N8O3. The van der Waals surface area contributed by atoms with Crippen molar-refractivity contribution in [3.63, 3.8) is 0 Å². The maximum Gasteiger partial charge on any atom is 0.320 e. The van der Waals surface area contributed by atoms with Gasteiger partial charge in [-0.3, -0.25) is 14.5 Å². The van der Waals surface area contributed by atoms with Crippen molar-refractivity contribution in [3.8, 4) is 5.75 Å². The van der Waals surface area contributed by atoms with E-state index in [4.69, 9.17) is 4.74 Å². The van der Waals surface area contributed by atoms with E-state index < -0.39 is 6.03 Å². The fraction of sp³-hybridized carbons (Fsp3) is 0.400. The van der Waals surface area contributed by atoms with Gasteiger partial charge in [-0.2, -0.15) is 0 Å². The third-order valence-corrected chi connectivity index (χ3v) is 7.28. The van der Waals surface area contributed by atoms with Crippen molar-refractivity contribution in [2.24, 2.45) is 0 Å². The molecule has 0 spiro atoms. The fourth-order valence-electron chi connectivity index (χ4n) is 5.12. The Morgan fingerprint density at radius 1 is 1.07 bits per heavy atom. The van der Waals surface area contributed by atoms with E-state index in [0.29, 0.717) is 24.8 Å². The maximum atomic E-state index is 13.0. The van der Waals surface area contributed by atoms with Crippen LogP contribution in [-0.2, 0) is 5.41 Å². The van der Waals surface area contributed by atoms with Crippen LogP contribution in [0.2, 0.25) is 0 Å². The topological polar surface area (TPSA) is 127 Å². The van der Waals surface area contributed by atoms with Gasteiger partial charge in [0.2, 0.25) is 5.95 Å². The number of nitrogens with zero attached hydrogens (tertiary/aromatic N) is 6. The lowest BCUT2D eigenvalue weighted by Crippen LogP contribution is -2.36. The molecule has 5 rings (SSSR count). The molecule has 0 saturated heterocycles. The molecule has 0 radical (unpaired) electrons. The molecule has 1 aliphatic rings. The first-order chi connectivity index (χ1) is 19.7. The van der Waals surface area contributed by atoms with E-state index in [1.165, 1.54) is 0 Å². The summed E-state index contributed by atoms with van der Waals surface area (Å²) in [6, 6.07) is 12.9. The van der Waals surface area contributed by atoms with Crippen molar-refractivity contribution < 1.29 is 14.3 Å². The molecule has 0 aliphatic heterocycles. The summed E-state index contributed by atoms with van der Waals surface area (Å²) in [7, 11) is 0. The summed E-state index contributed by atoms with van der Waals surface area (Å²) in [5.41, 5.74) is 3.15. The molecule has 2 N–H and O–H groups in total. The lowest BCUT2D eigenvalue weighted by molar-refractivity contribution is 0.111. The van der Waals surface area contributed by atoms with Crippen molar-refractivity contribution in [1.82, 2.24) is 29.9 Å². The number of carbonyl (C=O) groups excluding carboxylic acids is 2. The van der Waals surface area contributed by atoms with E-state index in [1.807, 2.05) is 67.8 Å². The smallest absolute Gasteiger partial charge is 0.320 e. The van der Waals surface area contributed by atoms with Gasteiger partial charge in [-0.1, -0.05) is 45.0 Å². The molecule has 0 saturated carbocycles. The van der Waals surface area contributed by atoms with Crippen molar-refractivity contribution in [2.45, 2.75) is 65.0 Å². The van der Waals surface area contributed by atoms with Gasteiger partial charge in [0.25, 0.3) is 0 Å². The van der Waals surface area contributed by atoms with Crippen LogP contribution < -0.4 is 20.3 Å². The van der Waals surface area contributed by atoms with Gasteiger partial charge >= 0.3 is 6.03 Å². The minimum Gasteiger partial charge on any atom is -0.484 e. The van der Waals surface area contributed by atoms with Gasteiger partial charge in [-0.15, -0.1) is 10.2 Å². The third-order valence-electron chi connectivity index (χ3n) is 7.28. The van der Waals surface area contributed by atoms with Crippen LogP contribution in [0.1, 0.15) is 87.0 Å². The Bertz CT molecular complexity index is 1560. The monoisotopic (exact) mass is 556 g/mol. The zero-order chi connectivity index (χ0) is 29.1. The van der Waals surface area contributed by atoms with E-state index in [0.717, 1.165) is 41.6 Å². The minimum absolute atomic E-state index is 0.0320. The van der Waals surface area contributed by atoms with Crippen LogP contribution in [0.4, 0.5) is 16.6 Å². The average Bonchev–Trinajstić information content (AvgIpc) is 3.37. The molecule has 214 valence electrons. The number of carbonyl (C=O) groups is 2. The molecule has 0 fully saturated rings. The fourth-order valence-corrected chi connectivity index (χ4v) is 5.12. The summed E-state index contributed by atoms with van der Waals surface area (Å²) in [6.07, 6.45) is 3.74. The second-order valence-corrected chi connectivity index (χ2v) is 11.1. The summed E-state index contributed by atoms with van der Waals surface area (Å²) in [6.45, 7) is 11.8. The summed E-state index contributed by atoms with van der Waals surface area (Å²) >= 11 is 0. The predicted octanol–water partition coefficient (Wildman–Crippen LogP) is 5.25. The van der Waals surface area contributed by atoms with Crippen LogP contribution in [0.15, 0.2) is 48.7 Å². The SMILES string of the molecule is CCN(CC)c1nnc2ccc(O[C@@H]3CC[C@H](NC(=O)Nc4cc(C(C)(C)C)nc(C=O)n4)c4ccccc43)cn12. The second-order valence-electron chi connectivity index (χ2n) is 11.1. The standard InChI is InChI=1S/C30H36N8O3/c1-6-37(7-2)29-36-35-27-15-12-19(17-38(27)29)41-23-14-13-22(20-10-8-9-11-21(20)23)31-28(40)34-25-16-24(30(3,4)5)32-26(18-39)33-25/h8-12,15-18,22-23H,6-7,13-14H2,1-5H3,(H2,31,32,33,34,40)/t22-,23+/m0/s1. The van der Waals surface area contributed by atoms with Crippen LogP contribution in [0.25, 0.3) is 5.65 Å². The highest BCUT2D eigenvalue weighted by Gasteiger charge is 2.30. The Morgan fingerprint density at radius 3 is 2.54 bits per heavy atom. The number of anilines is 2. The van der Waals surface area contributed by atoms with E-state index in [2.05, 4.69) is 49.5 Å². The van der Waals surface area contributed by atoms with E-state index in [9.17, 15) is 9.59 Å². The number of pyridine rings is 1. The van der Waals surface area contributed by atoms with E-state index in [1.54, 1.807) is 6.07 Å². The molecule has 0 bridgehead atoms. The number of hydrogen-bond acceptors (Lipinski definition) is 8. The molecule has 2 amide bonds. The Morgan fingerprint density at radius 2 is 1.83 bits per heavy atom. The van der Waals surface area contributed by atoms with Gasteiger partial charge in [0.15, 0.2) is 17.8 Å². The molecule has 0 unspecified atom stereocenters. The number of benzene rings is 1. The number of amides is 2. The van der Waals surface area contributed by atoms with Crippen molar-refractivity contribution in [3.05, 3.63) is 71.3 Å². The zero-order valence-corrected chi connectivity index (χ0v) is 24.1. The Kier molecular flexibility index (Phi) is 7.87. The Hall–Kier alpha value is -4.54. The normalized spacial score (nSPS) is 16.6. The maximum absolute atomic E-state index is 13.0. The summed E-state index contributed by atoms with van der Waals surface area (Å²) in [4.78, 5) is 35.0. The van der Waals surface area contributed by atoms with E-state index in [-0.39, 0.29) is 29.2 Å². The molecule has 11 heteroatoms. The number of nitrogens with one attached hydrogen (secondary N) is 2. The molecule has 41 heavy (non-hydrogen) atoms. The van der Waals surface area contributed by atoms with Gasteiger partial charge in [-0.05, 0) is 49.9 Å². The first-order valence-corrected chi connectivity index (χ1v) is 14.0. The first-order valence-electron chi connectivity index (χ1n) is 14.0. The van der Waals surface area contributed by atoms with Gasteiger partial charge in [-0.25, -0.2) is 14.8 Å². The van der Waals surface area contributed by atoms with Crippen molar-refractivity contribution in [1.29, 1.82) is 0 Å². The highest BCUT2D eigenvalue weighted by atomic mass is 16.5. The number of hydrogen-bond donors (Lipinski definition) is 2. The molecule has 1 aliphatic carbocycles. The van der Waals surface area contributed by atoms with Crippen LogP contribution >= 0.6 is 0 Å². The first kappa shape index (κ1) is 28.0. The molecule has 3 aromatic heterocycles. The van der Waals surface area contributed by atoms with Crippen molar-refractivity contribution in [2.75, 3.05) is 23.3 Å². The number of rotatable bonds is 8. The molecule has 4 aromatic rings. The number of ether oxygens (including phenoxy) is 1. The third kappa shape index (κ3) is 5.98. The largest absolute Gasteiger partial charge is 0.484 e. The zero-order valence-electron chi connectivity index (χ0n) is 24.1. The highest BCUT2D eigenvalue weighted by molar-refractivity contribution is 5.89. The summed E-state index contributed by atoms with van der Waals surface area (Å²) < 4.78 is 8.47. The van der Waals surface area contributed by atoms with Gasteiger partial charge in [0.05, 0.1) is 17.9 Å². The number of aromatic nitrogens is 5. The Balaban J connectivity index is 1.33. The summed E-state index contributed by atoms with van der Waals surface area (Å²) in [5.74, 6) is 1.82. The van der Waals surface area contributed by atoms with Gasteiger partial charge in [0.1, 0.15) is 17.7 Å². The quantitative estimate of drug-likeness (QED) is 0.282. The number of fused-ring (bicyclic) bond motifs is 2. The molecular weight excluding hydrogens is 520 g/mol. The molecule has 2 atom stereocenters. The minimum atomic E-state index is -0.401. The molecule has 1 aromatic carbocycles.